The lowest BCUT2D eigenvalue weighted by atomic mass is 9.99. The van der Waals surface area contributed by atoms with E-state index in [1.165, 1.54) is 63.9 Å². The van der Waals surface area contributed by atoms with Gasteiger partial charge in [0.15, 0.2) is 0 Å². The average Bonchev–Trinajstić information content (AvgIpc) is 3.13. The Kier molecular flexibility index (Phi) is 23.5. The van der Waals surface area contributed by atoms with E-state index in [1.54, 1.807) is 20.3 Å². The van der Waals surface area contributed by atoms with Crippen LogP contribution in [0.2, 0.25) is 0 Å². The maximum Gasteiger partial charge on any atom is 0.336 e. The molecule has 0 heterocycles. The molecule has 0 atom stereocenters. The molecule has 0 saturated carbocycles. The highest BCUT2D eigenvalue weighted by Gasteiger charge is 2.15. The van der Waals surface area contributed by atoms with Crippen molar-refractivity contribution in [2.45, 2.75) is 97.3 Å². The lowest BCUT2D eigenvalue weighted by Crippen LogP contribution is -2.08. The van der Waals surface area contributed by atoms with E-state index < -0.39 is 0 Å². The van der Waals surface area contributed by atoms with Crippen LogP contribution in [0.15, 0.2) is 128 Å². The van der Waals surface area contributed by atoms with E-state index in [-0.39, 0.29) is 5.97 Å². The first-order valence-corrected chi connectivity index (χ1v) is 18.5. The fourth-order valence-electron chi connectivity index (χ4n) is 5.28. The van der Waals surface area contributed by atoms with Crippen molar-refractivity contribution in [2.24, 2.45) is 0 Å². The molecule has 0 aliphatic rings. The minimum Gasteiger partial charge on any atom is -0.497 e. The monoisotopic (exact) mass is 676 g/mol. The van der Waals surface area contributed by atoms with Crippen molar-refractivity contribution < 1.29 is 19.0 Å². The molecule has 2 aromatic rings. The molecule has 268 valence electrons. The zero-order valence-corrected chi connectivity index (χ0v) is 31.0. The number of esters is 1. The van der Waals surface area contributed by atoms with Gasteiger partial charge in [0.05, 0.1) is 14.2 Å². The molecule has 0 N–H and O–H groups in total. The minimum absolute atomic E-state index is 0.384. The topological polar surface area (TPSA) is 44.8 Å². The second kappa shape index (κ2) is 28.3. The lowest BCUT2D eigenvalue weighted by molar-refractivity contribution is -0.129. The van der Waals surface area contributed by atoms with Gasteiger partial charge in [0.1, 0.15) is 17.2 Å². The molecule has 50 heavy (non-hydrogen) atoms. The summed E-state index contributed by atoms with van der Waals surface area (Å²) in [5.41, 5.74) is 3.26. The molecule has 0 unspecified atom stereocenters. The van der Waals surface area contributed by atoms with E-state index in [2.05, 4.69) is 19.9 Å². The summed E-state index contributed by atoms with van der Waals surface area (Å²) < 4.78 is 16.9. The Hall–Kier alpha value is -4.57. The molecule has 0 amide bonds. The van der Waals surface area contributed by atoms with Crippen molar-refractivity contribution >= 4 is 12.0 Å². The van der Waals surface area contributed by atoms with E-state index in [0.29, 0.717) is 5.75 Å². The molecular weight excluding hydrogens is 617 g/mol. The summed E-state index contributed by atoms with van der Waals surface area (Å²) in [6, 6.07) is 12.1. The second-order valence-corrected chi connectivity index (χ2v) is 12.2. The summed E-state index contributed by atoms with van der Waals surface area (Å²) in [6.07, 6.45) is 45.8. The maximum atomic E-state index is 12.8. The van der Waals surface area contributed by atoms with Crippen molar-refractivity contribution in [3.05, 3.63) is 144 Å². The number of unbranched alkanes of at least 4 members (excludes halogenated alkanes) is 9. The smallest absolute Gasteiger partial charge is 0.336 e. The number of allylic oxidation sites excluding steroid dienone is 14. The molecule has 0 aliphatic carbocycles. The van der Waals surface area contributed by atoms with Gasteiger partial charge in [0.25, 0.3) is 0 Å². The van der Waals surface area contributed by atoms with Crippen molar-refractivity contribution in [3.8, 4) is 17.2 Å². The van der Waals surface area contributed by atoms with Crippen LogP contribution < -0.4 is 14.2 Å². The van der Waals surface area contributed by atoms with Gasteiger partial charge in [0.2, 0.25) is 0 Å². The van der Waals surface area contributed by atoms with Crippen molar-refractivity contribution in [3.63, 3.8) is 0 Å². The number of carbonyl (C=O) groups excluding carboxylic acids is 1. The van der Waals surface area contributed by atoms with Crippen LogP contribution in [-0.4, -0.2) is 20.2 Å². The van der Waals surface area contributed by atoms with Crippen LogP contribution >= 0.6 is 0 Å². The molecule has 4 nitrogen and oxygen atoms in total. The van der Waals surface area contributed by atoms with E-state index in [0.717, 1.165) is 53.9 Å². The van der Waals surface area contributed by atoms with Crippen LogP contribution in [0.1, 0.15) is 101 Å². The molecule has 4 heteroatoms. The zero-order valence-electron chi connectivity index (χ0n) is 31.0. The number of ether oxygens (including phenoxy) is 3. The third-order valence-electron chi connectivity index (χ3n) is 8.09. The average molecular weight is 677 g/mol. The quantitative estimate of drug-likeness (QED) is 0.0345. The Bertz CT molecular complexity index is 1450. The van der Waals surface area contributed by atoms with Gasteiger partial charge in [0, 0.05) is 11.6 Å². The third-order valence-corrected chi connectivity index (χ3v) is 8.09. The first kappa shape index (κ1) is 41.6. The normalized spacial score (nSPS) is 12.5. The van der Waals surface area contributed by atoms with E-state index >= 15 is 0 Å². The molecule has 0 radical (unpaired) electrons. The summed E-state index contributed by atoms with van der Waals surface area (Å²) in [5.74, 6) is 1.92. The SMILES string of the molecule is CCCCCCCCCCc1c(OC)cc(CCCCC)cc1OC(=O)C=CC=CC=CC=CC=CC=CC=CC=Cc1ccc(OC)cc1. The highest BCUT2D eigenvalue weighted by molar-refractivity contribution is 5.84. The Morgan fingerprint density at radius 3 is 1.58 bits per heavy atom. The van der Waals surface area contributed by atoms with Crippen molar-refractivity contribution in [1.82, 2.24) is 0 Å². The second-order valence-electron chi connectivity index (χ2n) is 12.2. The van der Waals surface area contributed by atoms with Crippen LogP contribution in [-0.2, 0) is 17.6 Å². The molecule has 0 fully saturated rings. The summed E-state index contributed by atoms with van der Waals surface area (Å²) in [6.45, 7) is 4.46. The zero-order chi connectivity index (χ0) is 35.9. The predicted molar refractivity (Wildman–Crippen MR) is 214 cm³/mol. The summed E-state index contributed by atoms with van der Waals surface area (Å²) >= 11 is 0. The van der Waals surface area contributed by atoms with Gasteiger partial charge < -0.3 is 14.2 Å². The lowest BCUT2D eigenvalue weighted by Gasteiger charge is -2.16. The van der Waals surface area contributed by atoms with E-state index in [1.807, 2.05) is 115 Å². The fourth-order valence-corrected chi connectivity index (χ4v) is 5.28. The third kappa shape index (κ3) is 19.4. The molecule has 2 aromatic carbocycles. The van der Waals surface area contributed by atoms with Crippen LogP contribution in [0, 0.1) is 0 Å². The Balaban J connectivity index is 1.83. The molecule has 0 bridgehead atoms. The molecule has 2 rings (SSSR count). The number of hydrogen-bond acceptors (Lipinski definition) is 4. The molecule has 0 spiro atoms. The largest absolute Gasteiger partial charge is 0.497 e. The van der Waals surface area contributed by atoms with Gasteiger partial charge in [-0.3, -0.25) is 0 Å². The maximum absolute atomic E-state index is 12.8. The van der Waals surface area contributed by atoms with Crippen LogP contribution in [0.4, 0.5) is 0 Å². The number of carbonyl (C=O) groups is 1. The van der Waals surface area contributed by atoms with Gasteiger partial charge in [-0.1, -0.05) is 175 Å². The summed E-state index contributed by atoms with van der Waals surface area (Å²) in [7, 11) is 3.38. The summed E-state index contributed by atoms with van der Waals surface area (Å²) in [5, 5.41) is 0. The number of hydrogen-bond donors (Lipinski definition) is 0. The Morgan fingerprint density at radius 1 is 0.540 bits per heavy atom. The number of methoxy groups -OCH3 is 2. The van der Waals surface area contributed by atoms with Gasteiger partial charge in [-0.2, -0.15) is 0 Å². The predicted octanol–water partition coefficient (Wildman–Crippen LogP) is 12.6. The van der Waals surface area contributed by atoms with Crippen LogP contribution in [0.5, 0.6) is 17.2 Å². The Labute approximate surface area is 303 Å². The van der Waals surface area contributed by atoms with Crippen molar-refractivity contribution in [1.29, 1.82) is 0 Å². The standard InChI is InChI=1S/C46H60O4/c1-5-7-9-10-11-21-24-28-32-43-44(49-4)38-41(31-26-8-6-2)39-45(43)50-46(47)33-29-25-22-19-17-15-13-12-14-16-18-20-23-27-30-40-34-36-42(48-3)37-35-40/h12-20,22-23,25,27,29-30,33-39H,5-11,21,24,26,28,31-32H2,1-4H3. The van der Waals surface area contributed by atoms with Crippen molar-refractivity contribution in [2.75, 3.05) is 14.2 Å². The molecule has 0 aromatic heterocycles. The van der Waals surface area contributed by atoms with Gasteiger partial charge in [-0.15, -0.1) is 0 Å². The van der Waals surface area contributed by atoms with E-state index in [4.69, 9.17) is 14.2 Å². The number of aryl methyl sites for hydroxylation is 1. The van der Waals surface area contributed by atoms with Crippen LogP contribution in [0.3, 0.4) is 0 Å². The first-order chi connectivity index (χ1) is 24.6. The van der Waals surface area contributed by atoms with Gasteiger partial charge in [-0.25, -0.2) is 4.79 Å². The Morgan fingerprint density at radius 2 is 1.02 bits per heavy atom. The molecule has 0 aliphatic heterocycles. The first-order valence-electron chi connectivity index (χ1n) is 18.5. The number of benzene rings is 2. The van der Waals surface area contributed by atoms with Gasteiger partial charge in [-0.05, 0) is 61.1 Å². The van der Waals surface area contributed by atoms with E-state index in [9.17, 15) is 4.79 Å². The fraction of sp³-hybridized carbons (Fsp3) is 0.370. The highest BCUT2D eigenvalue weighted by atomic mass is 16.5. The van der Waals surface area contributed by atoms with Crippen LogP contribution in [0.25, 0.3) is 6.08 Å². The minimum atomic E-state index is -0.384. The summed E-state index contributed by atoms with van der Waals surface area (Å²) in [4.78, 5) is 12.8. The molecular formula is C46H60O4. The van der Waals surface area contributed by atoms with Gasteiger partial charge >= 0.3 is 5.97 Å². The number of rotatable bonds is 25. The molecule has 0 saturated heterocycles. The highest BCUT2D eigenvalue weighted by Crippen LogP contribution is 2.33.